The van der Waals surface area contributed by atoms with Crippen LogP contribution in [-0.4, -0.2) is 40.8 Å². The minimum absolute atomic E-state index is 0.410. The van der Waals surface area contributed by atoms with Crippen LogP contribution in [0.5, 0.6) is 0 Å². The van der Waals surface area contributed by atoms with Gasteiger partial charge in [-0.2, -0.15) is 0 Å². The van der Waals surface area contributed by atoms with Crippen LogP contribution < -0.4 is 11.1 Å². The number of amides is 1. The summed E-state index contributed by atoms with van der Waals surface area (Å²) in [5.41, 5.74) is 6.74. The quantitative estimate of drug-likeness (QED) is 0.532. The van der Waals surface area contributed by atoms with Crippen molar-refractivity contribution >= 4 is 11.9 Å². The summed E-state index contributed by atoms with van der Waals surface area (Å²) in [6, 6.07) is 7.44. The molecule has 19 heavy (non-hydrogen) atoms. The lowest BCUT2D eigenvalue weighted by Gasteiger charge is -2.16. The summed E-state index contributed by atoms with van der Waals surface area (Å²) in [5.74, 6) is -1.86. The van der Waals surface area contributed by atoms with Crippen LogP contribution in [0.1, 0.15) is 12.0 Å². The van der Waals surface area contributed by atoms with Crippen molar-refractivity contribution < 1.29 is 19.8 Å². The van der Waals surface area contributed by atoms with Gasteiger partial charge in [-0.1, -0.05) is 30.3 Å². The molecule has 0 saturated heterocycles. The summed E-state index contributed by atoms with van der Waals surface area (Å²) < 4.78 is 0. The average molecular weight is 266 g/mol. The third kappa shape index (κ3) is 5.07. The fourth-order valence-electron chi connectivity index (χ4n) is 1.56. The van der Waals surface area contributed by atoms with E-state index in [1.54, 1.807) is 0 Å². The second kappa shape index (κ2) is 7.50. The smallest absolute Gasteiger partial charge is 0.328 e. The Morgan fingerprint density at radius 3 is 2.42 bits per heavy atom. The Morgan fingerprint density at radius 2 is 1.89 bits per heavy atom. The van der Waals surface area contributed by atoms with E-state index in [0.29, 0.717) is 12.8 Å². The number of hydrogen-bond acceptors (Lipinski definition) is 4. The summed E-state index contributed by atoms with van der Waals surface area (Å²) >= 11 is 0. The van der Waals surface area contributed by atoms with E-state index < -0.39 is 30.6 Å². The number of carboxylic acids is 1. The van der Waals surface area contributed by atoms with Gasteiger partial charge >= 0.3 is 5.97 Å². The highest BCUT2D eigenvalue weighted by Crippen LogP contribution is 2.04. The van der Waals surface area contributed by atoms with Gasteiger partial charge in [0.1, 0.15) is 6.04 Å². The van der Waals surface area contributed by atoms with Crippen LogP contribution in [0.15, 0.2) is 30.3 Å². The zero-order valence-corrected chi connectivity index (χ0v) is 10.5. The van der Waals surface area contributed by atoms with Crippen molar-refractivity contribution in [3.8, 4) is 0 Å². The average Bonchev–Trinajstić information content (AvgIpc) is 2.42. The maximum Gasteiger partial charge on any atom is 0.328 e. The lowest BCUT2D eigenvalue weighted by atomic mass is 10.1. The zero-order valence-electron chi connectivity index (χ0n) is 10.5. The first-order valence-electron chi connectivity index (χ1n) is 5.98. The van der Waals surface area contributed by atoms with Crippen molar-refractivity contribution in [2.45, 2.75) is 24.9 Å². The van der Waals surface area contributed by atoms with E-state index in [2.05, 4.69) is 5.32 Å². The monoisotopic (exact) mass is 266 g/mol. The molecule has 1 aromatic carbocycles. The maximum absolute atomic E-state index is 11.6. The molecule has 0 saturated carbocycles. The van der Waals surface area contributed by atoms with E-state index in [4.69, 9.17) is 15.9 Å². The molecule has 0 unspecified atom stereocenters. The molecule has 0 radical (unpaired) electrons. The topological polar surface area (TPSA) is 113 Å². The number of nitrogens with two attached hydrogens (primary N) is 1. The van der Waals surface area contributed by atoms with Gasteiger partial charge in [0.25, 0.3) is 0 Å². The Bertz CT molecular complexity index is 422. The van der Waals surface area contributed by atoms with E-state index >= 15 is 0 Å². The Labute approximate surface area is 111 Å². The molecule has 1 amide bonds. The largest absolute Gasteiger partial charge is 0.480 e. The number of rotatable bonds is 7. The molecular weight excluding hydrogens is 248 g/mol. The first-order valence-corrected chi connectivity index (χ1v) is 5.98. The Morgan fingerprint density at radius 1 is 1.26 bits per heavy atom. The number of hydrogen-bond donors (Lipinski definition) is 4. The highest BCUT2D eigenvalue weighted by atomic mass is 16.4. The molecule has 0 aliphatic rings. The van der Waals surface area contributed by atoms with Crippen molar-refractivity contribution in [3.63, 3.8) is 0 Å². The van der Waals surface area contributed by atoms with Crippen LogP contribution in [-0.2, 0) is 16.0 Å². The first-order chi connectivity index (χ1) is 9.04. The molecule has 104 valence electrons. The number of aliphatic carboxylic acids is 1. The number of benzene rings is 1. The molecule has 0 aliphatic heterocycles. The first kappa shape index (κ1) is 15.1. The molecule has 6 heteroatoms. The molecule has 0 aliphatic carbocycles. The standard InChI is InChI=1S/C13H18N2O4/c14-10(7-6-9-4-2-1-3-5-9)12(17)15-11(8-16)13(18)19/h1-5,10-11,16H,6-8,14H2,(H,15,17)(H,18,19)/t10-,11-/m0/s1. The highest BCUT2D eigenvalue weighted by molar-refractivity contribution is 5.86. The van der Waals surface area contributed by atoms with Gasteiger partial charge in [-0.25, -0.2) is 4.79 Å². The summed E-state index contributed by atoms with van der Waals surface area (Å²) in [6.45, 7) is -0.660. The molecule has 0 bridgehead atoms. The van der Waals surface area contributed by atoms with E-state index in [1.165, 1.54) is 0 Å². The SMILES string of the molecule is N[C@@H](CCc1ccccc1)C(=O)N[C@@H](CO)C(=O)O. The minimum Gasteiger partial charge on any atom is -0.480 e. The molecule has 1 aromatic rings. The van der Waals surface area contributed by atoms with Crippen molar-refractivity contribution in [3.05, 3.63) is 35.9 Å². The van der Waals surface area contributed by atoms with Gasteiger partial charge in [0.05, 0.1) is 12.6 Å². The number of nitrogens with one attached hydrogen (secondary N) is 1. The molecule has 6 nitrogen and oxygen atoms in total. The van der Waals surface area contributed by atoms with Crippen molar-refractivity contribution in [1.82, 2.24) is 5.32 Å². The van der Waals surface area contributed by atoms with Gasteiger partial charge in [0.2, 0.25) is 5.91 Å². The van der Waals surface area contributed by atoms with Gasteiger partial charge in [-0.15, -0.1) is 0 Å². The summed E-state index contributed by atoms with van der Waals surface area (Å²) in [7, 11) is 0. The van der Waals surface area contributed by atoms with Crippen molar-refractivity contribution in [2.75, 3.05) is 6.61 Å². The summed E-state index contributed by atoms with van der Waals surface area (Å²) in [4.78, 5) is 22.3. The number of aliphatic hydroxyl groups is 1. The third-order valence-electron chi connectivity index (χ3n) is 2.72. The van der Waals surface area contributed by atoms with Crippen molar-refractivity contribution in [2.24, 2.45) is 5.73 Å². The fraction of sp³-hybridized carbons (Fsp3) is 0.385. The Hall–Kier alpha value is -1.92. The minimum atomic E-state index is -1.31. The Balaban J connectivity index is 2.42. The molecule has 0 fully saturated rings. The number of aryl methyl sites for hydroxylation is 1. The predicted molar refractivity (Wildman–Crippen MR) is 69.4 cm³/mol. The molecule has 5 N–H and O–H groups in total. The maximum atomic E-state index is 11.6. The summed E-state index contributed by atoms with van der Waals surface area (Å²) in [6.07, 6.45) is 1.04. The van der Waals surface area contributed by atoms with Crippen LogP contribution in [0.2, 0.25) is 0 Å². The lowest BCUT2D eigenvalue weighted by molar-refractivity contribution is -0.143. The molecule has 2 atom stereocenters. The number of aliphatic hydroxyl groups excluding tert-OH is 1. The number of carbonyl (C=O) groups is 2. The molecule has 1 rings (SSSR count). The van der Waals surface area contributed by atoms with Crippen LogP contribution in [0.4, 0.5) is 0 Å². The van der Waals surface area contributed by atoms with Crippen LogP contribution in [0.25, 0.3) is 0 Å². The molecule has 0 heterocycles. The van der Waals surface area contributed by atoms with Gasteiger partial charge in [-0.05, 0) is 18.4 Å². The second-order valence-electron chi connectivity index (χ2n) is 4.21. The van der Waals surface area contributed by atoms with Crippen LogP contribution >= 0.6 is 0 Å². The lowest BCUT2D eigenvalue weighted by Crippen LogP contribution is -2.50. The zero-order chi connectivity index (χ0) is 14.3. The molecule has 0 spiro atoms. The summed E-state index contributed by atoms with van der Waals surface area (Å²) in [5, 5.41) is 19.7. The normalized spacial score (nSPS) is 13.6. The molecular formula is C13H18N2O4. The van der Waals surface area contributed by atoms with E-state index in [-0.39, 0.29) is 0 Å². The Kier molecular flexibility index (Phi) is 5.98. The number of carboxylic acid groups (broad SMARTS) is 1. The van der Waals surface area contributed by atoms with Gasteiger partial charge in [-0.3, -0.25) is 4.79 Å². The van der Waals surface area contributed by atoms with Crippen molar-refractivity contribution in [1.29, 1.82) is 0 Å². The van der Waals surface area contributed by atoms with E-state index in [1.807, 2.05) is 30.3 Å². The second-order valence-corrected chi connectivity index (χ2v) is 4.21. The number of carbonyl (C=O) groups excluding carboxylic acids is 1. The van der Waals surface area contributed by atoms with Crippen LogP contribution in [0.3, 0.4) is 0 Å². The highest BCUT2D eigenvalue weighted by Gasteiger charge is 2.22. The predicted octanol–water partition coefficient (Wildman–Crippen LogP) is -0.492. The van der Waals surface area contributed by atoms with Gasteiger partial charge in [0, 0.05) is 0 Å². The third-order valence-corrected chi connectivity index (χ3v) is 2.72. The van der Waals surface area contributed by atoms with E-state index in [0.717, 1.165) is 5.56 Å². The van der Waals surface area contributed by atoms with Crippen LogP contribution in [0, 0.1) is 0 Å². The van der Waals surface area contributed by atoms with Gasteiger partial charge in [0.15, 0.2) is 0 Å². The van der Waals surface area contributed by atoms with Gasteiger partial charge < -0.3 is 21.3 Å². The van der Waals surface area contributed by atoms with E-state index in [9.17, 15) is 9.59 Å². The molecule has 0 aromatic heterocycles. The fourth-order valence-corrected chi connectivity index (χ4v) is 1.56.